The SMILES string of the molecule is FC(F)=C1COCc2ccccc21. The number of rotatable bonds is 0. The molecule has 0 atom stereocenters. The summed E-state index contributed by atoms with van der Waals surface area (Å²) in [5.41, 5.74) is 1.46. The van der Waals surface area contributed by atoms with Crippen LogP contribution in [0.25, 0.3) is 5.57 Å². The van der Waals surface area contributed by atoms with E-state index in [9.17, 15) is 8.78 Å². The van der Waals surface area contributed by atoms with Crippen molar-refractivity contribution in [2.24, 2.45) is 0 Å². The first kappa shape index (κ1) is 8.38. The van der Waals surface area contributed by atoms with Gasteiger partial charge in [-0.2, -0.15) is 8.78 Å². The van der Waals surface area contributed by atoms with Gasteiger partial charge in [-0.15, -0.1) is 0 Å². The zero-order chi connectivity index (χ0) is 9.26. The molecular weight excluding hydrogens is 174 g/mol. The van der Waals surface area contributed by atoms with E-state index in [1.807, 2.05) is 6.07 Å². The molecule has 0 radical (unpaired) electrons. The maximum Gasteiger partial charge on any atom is 0.276 e. The number of fused-ring (bicyclic) bond motifs is 1. The zero-order valence-electron chi connectivity index (χ0n) is 6.89. The van der Waals surface area contributed by atoms with Gasteiger partial charge in [-0.25, -0.2) is 0 Å². The van der Waals surface area contributed by atoms with Crippen LogP contribution in [0.3, 0.4) is 0 Å². The Morgan fingerprint density at radius 1 is 1.15 bits per heavy atom. The number of hydrogen-bond donors (Lipinski definition) is 0. The highest BCUT2D eigenvalue weighted by Crippen LogP contribution is 2.28. The van der Waals surface area contributed by atoms with Crippen molar-refractivity contribution in [2.75, 3.05) is 6.61 Å². The third kappa shape index (κ3) is 1.47. The first-order valence-electron chi connectivity index (χ1n) is 3.99. The van der Waals surface area contributed by atoms with Crippen LogP contribution in [0.1, 0.15) is 11.1 Å². The number of ether oxygens (including phenoxy) is 1. The average molecular weight is 182 g/mol. The molecule has 0 amide bonds. The lowest BCUT2D eigenvalue weighted by Gasteiger charge is -2.18. The quantitative estimate of drug-likeness (QED) is 0.599. The topological polar surface area (TPSA) is 9.23 Å². The summed E-state index contributed by atoms with van der Waals surface area (Å²) in [6.07, 6.45) is -1.65. The van der Waals surface area contributed by atoms with Gasteiger partial charge in [0.15, 0.2) is 0 Å². The molecule has 3 heteroatoms. The molecule has 1 aliphatic heterocycles. The highest BCUT2D eigenvalue weighted by atomic mass is 19.3. The summed E-state index contributed by atoms with van der Waals surface area (Å²) in [6.45, 7) is 0.437. The molecule has 0 aromatic heterocycles. The Morgan fingerprint density at radius 2 is 1.92 bits per heavy atom. The molecule has 1 aliphatic rings. The van der Waals surface area contributed by atoms with Gasteiger partial charge in [0.05, 0.1) is 18.8 Å². The van der Waals surface area contributed by atoms with E-state index in [1.165, 1.54) is 0 Å². The second-order valence-corrected chi connectivity index (χ2v) is 2.89. The van der Waals surface area contributed by atoms with Crippen molar-refractivity contribution in [3.8, 4) is 0 Å². The molecule has 13 heavy (non-hydrogen) atoms. The minimum atomic E-state index is -1.65. The van der Waals surface area contributed by atoms with Gasteiger partial charge in [0.1, 0.15) is 0 Å². The lowest BCUT2D eigenvalue weighted by atomic mass is 10.00. The third-order valence-electron chi connectivity index (χ3n) is 2.07. The van der Waals surface area contributed by atoms with Crippen molar-refractivity contribution >= 4 is 5.57 Å². The van der Waals surface area contributed by atoms with Crippen molar-refractivity contribution in [3.05, 3.63) is 41.5 Å². The molecule has 68 valence electrons. The van der Waals surface area contributed by atoms with Crippen LogP contribution in [0.5, 0.6) is 0 Å². The maximum absolute atomic E-state index is 12.4. The average Bonchev–Trinajstić information content (AvgIpc) is 2.17. The second-order valence-electron chi connectivity index (χ2n) is 2.89. The van der Waals surface area contributed by atoms with Gasteiger partial charge >= 0.3 is 0 Å². The number of halogens is 2. The van der Waals surface area contributed by atoms with Crippen molar-refractivity contribution in [3.63, 3.8) is 0 Å². The van der Waals surface area contributed by atoms with Crippen molar-refractivity contribution in [1.82, 2.24) is 0 Å². The Kier molecular flexibility index (Phi) is 2.10. The zero-order valence-corrected chi connectivity index (χ0v) is 6.89. The molecule has 0 spiro atoms. The van der Waals surface area contributed by atoms with Gasteiger partial charge in [-0.3, -0.25) is 0 Å². The molecule has 1 nitrogen and oxygen atoms in total. The van der Waals surface area contributed by atoms with Crippen molar-refractivity contribution < 1.29 is 13.5 Å². The van der Waals surface area contributed by atoms with Crippen LogP contribution in [0, 0.1) is 0 Å². The highest BCUT2D eigenvalue weighted by molar-refractivity contribution is 5.70. The van der Waals surface area contributed by atoms with E-state index < -0.39 is 6.08 Å². The Hall–Kier alpha value is -1.22. The lowest BCUT2D eigenvalue weighted by Crippen LogP contribution is -2.09. The standard InChI is InChI=1S/C10H8F2O/c11-10(12)9-6-13-5-7-3-1-2-4-8(7)9/h1-4H,5-6H2. The van der Waals surface area contributed by atoms with E-state index in [1.54, 1.807) is 18.2 Å². The van der Waals surface area contributed by atoms with Crippen molar-refractivity contribution in [1.29, 1.82) is 0 Å². The molecule has 1 heterocycles. The van der Waals surface area contributed by atoms with Gasteiger partial charge < -0.3 is 4.74 Å². The van der Waals surface area contributed by atoms with E-state index in [4.69, 9.17) is 4.74 Å². The number of benzene rings is 1. The summed E-state index contributed by atoms with van der Waals surface area (Å²) < 4.78 is 29.8. The van der Waals surface area contributed by atoms with Crippen LogP contribution >= 0.6 is 0 Å². The Bertz CT molecular complexity index is 354. The van der Waals surface area contributed by atoms with Gasteiger partial charge in [-0.1, -0.05) is 24.3 Å². The van der Waals surface area contributed by atoms with Gasteiger partial charge in [0, 0.05) is 0 Å². The van der Waals surface area contributed by atoms with Crippen LogP contribution in [-0.4, -0.2) is 6.61 Å². The normalized spacial score (nSPS) is 15.4. The van der Waals surface area contributed by atoms with E-state index in [0.29, 0.717) is 12.2 Å². The molecule has 0 bridgehead atoms. The third-order valence-corrected chi connectivity index (χ3v) is 2.07. The van der Waals surface area contributed by atoms with E-state index >= 15 is 0 Å². The van der Waals surface area contributed by atoms with Crippen LogP contribution < -0.4 is 0 Å². The predicted octanol–water partition coefficient (Wildman–Crippen LogP) is 2.82. The van der Waals surface area contributed by atoms with Crippen LogP contribution in [0.2, 0.25) is 0 Å². The fourth-order valence-electron chi connectivity index (χ4n) is 1.44. The fraction of sp³-hybridized carbons (Fsp3) is 0.200. The summed E-state index contributed by atoms with van der Waals surface area (Å²) in [7, 11) is 0. The monoisotopic (exact) mass is 182 g/mol. The van der Waals surface area contributed by atoms with E-state index in [2.05, 4.69) is 0 Å². The molecule has 0 aliphatic carbocycles. The van der Waals surface area contributed by atoms with Crippen LogP contribution in [0.4, 0.5) is 8.78 Å². The summed E-state index contributed by atoms with van der Waals surface area (Å²) >= 11 is 0. The van der Waals surface area contributed by atoms with Crippen LogP contribution in [-0.2, 0) is 11.3 Å². The number of hydrogen-bond acceptors (Lipinski definition) is 1. The van der Waals surface area contributed by atoms with Crippen molar-refractivity contribution in [2.45, 2.75) is 6.61 Å². The van der Waals surface area contributed by atoms with Gasteiger partial charge in [0.25, 0.3) is 6.08 Å². The molecule has 1 aromatic carbocycles. The smallest absolute Gasteiger partial charge is 0.276 e. The van der Waals surface area contributed by atoms with E-state index in [0.717, 1.165) is 5.56 Å². The molecule has 0 fully saturated rings. The Balaban J connectivity index is 2.55. The van der Waals surface area contributed by atoms with E-state index in [-0.39, 0.29) is 12.2 Å². The van der Waals surface area contributed by atoms with Gasteiger partial charge in [0.2, 0.25) is 0 Å². The molecular formula is C10H8F2O. The predicted molar refractivity (Wildman–Crippen MR) is 45.2 cm³/mol. The molecule has 2 rings (SSSR count). The largest absolute Gasteiger partial charge is 0.372 e. The second kappa shape index (κ2) is 3.26. The fourth-order valence-corrected chi connectivity index (χ4v) is 1.44. The Labute approximate surface area is 74.6 Å². The molecule has 1 aromatic rings. The van der Waals surface area contributed by atoms with Gasteiger partial charge in [-0.05, 0) is 11.1 Å². The molecule has 0 saturated heterocycles. The first-order valence-corrected chi connectivity index (χ1v) is 3.99. The molecule has 0 N–H and O–H groups in total. The molecule has 0 saturated carbocycles. The highest BCUT2D eigenvalue weighted by Gasteiger charge is 2.17. The lowest BCUT2D eigenvalue weighted by molar-refractivity contribution is 0.143. The summed E-state index contributed by atoms with van der Waals surface area (Å²) in [4.78, 5) is 0. The summed E-state index contributed by atoms with van der Waals surface area (Å²) in [5.74, 6) is 0. The van der Waals surface area contributed by atoms with Crippen LogP contribution in [0.15, 0.2) is 30.3 Å². The summed E-state index contributed by atoms with van der Waals surface area (Å²) in [5, 5.41) is 0. The Morgan fingerprint density at radius 3 is 2.69 bits per heavy atom. The minimum absolute atomic E-state index is 0.0132. The molecule has 0 unspecified atom stereocenters. The minimum Gasteiger partial charge on any atom is -0.372 e. The maximum atomic E-state index is 12.4. The first-order chi connectivity index (χ1) is 6.29. The summed E-state index contributed by atoms with van der Waals surface area (Å²) in [6, 6.07) is 7.08.